The molecular formula is C11H8ClN5. The summed E-state index contributed by atoms with van der Waals surface area (Å²) in [6.07, 6.45) is 5.15. The van der Waals surface area contributed by atoms with Crippen LogP contribution >= 0.6 is 11.6 Å². The fourth-order valence-corrected chi connectivity index (χ4v) is 1.83. The molecule has 0 saturated carbocycles. The van der Waals surface area contributed by atoms with Gasteiger partial charge in [0.05, 0.1) is 11.9 Å². The highest BCUT2D eigenvalue weighted by atomic mass is 35.5. The van der Waals surface area contributed by atoms with Gasteiger partial charge in [-0.05, 0) is 23.7 Å². The Morgan fingerprint density at radius 3 is 2.94 bits per heavy atom. The van der Waals surface area contributed by atoms with Crippen molar-refractivity contribution in [2.45, 2.75) is 0 Å². The average Bonchev–Trinajstić information content (AvgIpc) is 2.71. The predicted octanol–water partition coefficient (Wildman–Crippen LogP) is 2.08. The number of hydrogen-bond donors (Lipinski definition) is 0. The van der Waals surface area contributed by atoms with Crippen molar-refractivity contribution in [3.8, 4) is 11.3 Å². The predicted molar refractivity (Wildman–Crippen MR) is 64.5 cm³/mol. The number of pyridine rings is 1. The third kappa shape index (κ3) is 1.74. The molecule has 0 aliphatic rings. The van der Waals surface area contributed by atoms with Gasteiger partial charge in [0, 0.05) is 30.4 Å². The Labute approximate surface area is 102 Å². The Bertz CT molecular complexity index is 691. The van der Waals surface area contributed by atoms with Gasteiger partial charge in [0.15, 0.2) is 5.65 Å². The maximum Gasteiger partial charge on any atom is 0.222 e. The largest absolute Gasteiger partial charge is 0.250 e. The Hall–Kier alpha value is -2.01. The average molecular weight is 246 g/mol. The summed E-state index contributed by atoms with van der Waals surface area (Å²) >= 11 is 5.76. The van der Waals surface area contributed by atoms with E-state index >= 15 is 0 Å². The number of halogens is 1. The maximum atomic E-state index is 5.76. The zero-order valence-corrected chi connectivity index (χ0v) is 9.76. The van der Waals surface area contributed by atoms with Crippen molar-refractivity contribution in [2.24, 2.45) is 7.05 Å². The molecule has 0 atom stereocenters. The molecule has 3 aromatic heterocycles. The molecule has 3 aromatic rings. The van der Waals surface area contributed by atoms with E-state index in [4.69, 9.17) is 11.6 Å². The summed E-state index contributed by atoms with van der Waals surface area (Å²) in [5, 5.41) is 5.35. The van der Waals surface area contributed by atoms with Crippen LogP contribution in [0.4, 0.5) is 0 Å². The summed E-state index contributed by atoms with van der Waals surface area (Å²) in [7, 11) is 1.86. The second kappa shape index (κ2) is 3.78. The van der Waals surface area contributed by atoms with Crippen molar-refractivity contribution >= 4 is 22.6 Å². The first-order valence-corrected chi connectivity index (χ1v) is 5.38. The molecule has 17 heavy (non-hydrogen) atoms. The van der Waals surface area contributed by atoms with Crippen LogP contribution in [0.15, 0.2) is 30.7 Å². The highest BCUT2D eigenvalue weighted by Crippen LogP contribution is 2.20. The van der Waals surface area contributed by atoms with E-state index in [1.54, 1.807) is 29.3 Å². The molecule has 6 heteroatoms. The summed E-state index contributed by atoms with van der Waals surface area (Å²) in [5.41, 5.74) is 2.49. The second-order valence-electron chi connectivity index (χ2n) is 3.62. The number of nitrogens with zero attached hydrogens (tertiary/aromatic N) is 5. The number of aryl methyl sites for hydroxylation is 1. The molecule has 3 rings (SSSR count). The molecule has 0 radical (unpaired) electrons. The van der Waals surface area contributed by atoms with E-state index in [2.05, 4.69) is 20.1 Å². The van der Waals surface area contributed by atoms with Gasteiger partial charge in [0.2, 0.25) is 5.28 Å². The molecule has 0 unspecified atom stereocenters. The SMILES string of the molecule is Cn1ncc2cc(-c3ccnc(Cl)n3)cnc21. The van der Waals surface area contributed by atoms with Crippen LogP contribution in [0.25, 0.3) is 22.3 Å². The zero-order chi connectivity index (χ0) is 11.8. The van der Waals surface area contributed by atoms with Gasteiger partial charge in [-0.2, -0.15) is 5.10 Å². The minimum atomic E-state index is 0.230. The van der Waals surface area contributed by atoms with Crippen molar-refractivity contribution in [1.29, 1.82) is 0 Å². The Morgan fingerprint density at radius 1 is 1.24 bits per heavy atom. The quantitative estimate of drug-likeness (QED) is 0.616. The number of rotatable bonds is 1. The maximum absolute atomic E-state index is 5.76. The molecule has 0 amide bonds. The van der Waals surface area contributed by atoms with Gasteiger partial charge < -0.3 is 0 Å². The van der Waals surface area contributed by atoms with E-state index in [9.17, 15) is 0 Å². The highest BCUT2D eigenvalue weighted by Gasteiger charge is 2.05. The molecule has 0 fully saturated rings. The third-order valence-corrected chi connectivity index (χ3v) is 2.68. The molecule has 0 spiro atoms. The van der Waals surface area contributed by atoms with E-state index in [-0.39, 0.29) is 5.28 Å². The summed E-state index contributed by atoms with van der Waals surface area (Å²) < 4.78 is 1.73. The Kier molecular flexibility index (Phi) is 2.26. The van der Waals surface area contributed by atoms with E-state index in [1.165, 1.54) is 0 Å². The van der Waals surface area contributed by atoms with Gasteiger partial charge >= 0.3 is 0 Å². The number of aromatic nitrogens is 5. The van der Waals surface area contributed by atoms with Gasteiger partial charge in [-0.3, -0.25) is 4.68 Å². The zero-order valence-electron chi connectivity index (χ0n) is 9.00. The fraction of sp³-hybridized carbons (Fsp3) is 0.0909. The lowest BCUT2D eigenvalue weighted by Crippen LogP contribution is -1.92. The first-order chi connectivity index (χ1) is 8.24. The third-order valence-electron chi connectivity index (χ3n) is 2.49. The monoisotopic (exact) mass is 245 g/mol. The normalized spacial score (nSPS) is 10.9. The van der Waals surface area contributed by atoms with E-state index in [1.807, 2.05) is 13.1 Å². The molecule has 0 bridgehead atoms. The topological polar surface area (TPSA) is 56.5 Å². The minimum Gasteiger partial charge on any atom is -0.250 e. The van der Waals surface area contributed by atoms with E-state index in [0.717, 1.165) is 22.3 Å². The molecular weight excluding hydrogens is 238 g/mol. The van der Waals surface area contributed by atoms with Crippen LogP contribution in [0, 0.1) is 0 Å². The highest BCUT2D eigenvalue weighted by molar-refractivity contribution is 6.28. The molecule has 3 heterocycles. The van der Waals surface area contributed by atoms with Crippen molar-refractivity contribution in [3.63, 3.8) is 0 Å². The molecule has 0 aliphatic heterocycles. The van der Waals surface area contributed by atoms with Crippen molar-refractivity contribution in [2.75, 3.05) is 0 Å². The number of fused-ring (bicyclic) bond motifs is 1. The van der Waals surface area contributed by atoms with Crippen LogP contribution < -0.4 is 0 Å². The van der Waals surface area contributed by atoms with E-state index in [0.29, 0.717) is 0 Å². The lowest BCUT2D eigenvalue weighted by molar-refractivity contribution is 0.786. The summed E-state index contributed by atoms with van der Waals surface area (Å²) in [5.74, 6) is 0. The van der Waals surface area contributed by atoms with Crippen LogP contribution in [0.3, 0.4) is 0 Å². The molecule has 0 aliphatic carbocycles. The van der Waals surface area contributed by atoms with E-state index < -0.39 is 0 Å². The summed E-state index contributed by atoms with van der Waals surface area (Å²) in [6, 6.07) is 3.78. The van der Waals surface area contributed by atoms with Crippen LogP contribution in [-0.2, 0) is 7.05 Å². The molecule has 0 N–H and O–H groups in total. The van der Waals surface area contributed by atoms with Crippen LogP contribution in [-0.4, -0.2) is 24.7 Å². The first-order valence-electron chi connectivity index (χ1n) is 5.01. The first kappa shape index (κ1) is 10.2. The van der Waals surface area contributed by atoms with Crippen LogP contribution in [0.2, 0.25) is 5.28 Å². The van der Waals surface area contributed by atoms with Crippen LogP contribution in [0.5, 0.6) is 0 Å². The molecule has 0 saturated heterocycles. The van der Waals surface area contributed by atoms with Crippen molar-refractivity contribution in [3.05, 3.63) is 36.0 Å². The second-order valence-corrected chi connectivity index (χ2v) is 3.95. The van der Waals surface area contributed by atoms with Crippen LogP contribution in [0.1, 0.15) is 0 Å². The molecule has 84 valence electrons. The van der Waals surface area contributed by atoms with Gasteiger partial charge in [-0.1, -0.05) is 0 Å². The van der Waals surface area contributed by atoms with Gasteiger partial charge in [0.1, 0.15) is 0 Å². The Morgan fingerprint density at radius 2 is 2.12 bits per heavy atom. The fourth-order valence-electron chi connectivity index (χ4n) is 1.68. The smallest absolute Gasteiger partial charge is 0.222 e. The van der Waals surface area contributed by atoms with Gasteiger partial charge in [-0.15, -0.1) is 0 Å². The van der Waals surface area contributed by atoms with Gasteiger partial charge in [0.25, 0.3) is 0 Å². The standard InChI is InChI=1S/C11H8ClN5/c1-17-10-8(6-15-17)4-7(5-14-10)9-2-3-13-11(12)16-9/h2-6H,1H3. The van der Waals surface area contributed by atoms with Crippen molar-refractivity contribution in [1.82, 2.24) is 24.7 Å². The summed E-state index contributed by atoms with van der Waals surface area (Å²) in [4.78, 5) is 12.3. The summed E-state index contributed by atoms with van der Waals surface area (Å²) in [6.45, 7) is 0. The lowest BCUT2D eigenvalue weighted by Gasteiger charge is -2.00. The molecule has 0 aromatic carbocycles. The van der Waals surface area contributed by atoms with Crippen molar-refractivity contribution < 1.29 is 0 Å². The minimum absolute atomic E-state index is 0.230. The Balaban J connectivity index is 2.18. The lowest BCUT2D eigenvalue weighted by atomic mass is 10.2. The molecule has 5 nitrogen and oxygen atoms in total. The van der Waals surface area contributed by atoms with Gasteiger partial charge in [-0.25, -0.2) is 15.0 Å². The number of hydrogen-bond acceptors (Lipinski definition) is 4.